The van der Waals surface area contributed by atoms with E-state index in [1.807, 2.05) is 19.1 Å². The van der Waals surface area contributed by atoms with Gasteiger partial charge in [0.15, 0.2) is 0 Å². The lowest BCUT2D eigenvalue weighted by molar-refractivity contribution is 0.254. The first-order chi connectivity index (χ1) is 7.74. The smallest absolute Gasteiger partial charge is 0.325 e. The van der Waals surface area contributed by atoms with Gasteiger partial charge in [0, 0.05) is 5.54 Å². The molecule has 102 valence electrons. The first-order valence-electron chi connectivity index (χ1n) is 5.20. The predicted octanol–water partition coefficient (Wildman–Crippen LogP) is 1.77. The average Bonchev–Trinajstić information content (AvgIpc) is 2.18. The van der Waals surface area contributed by atoms with E-state index in [9.17, 15) is 8.42 Å². The van der Waals surface area contributed by atoms with Gasteiger partial charge in [-0.15, -0.1) is 13.2 Å². The van der Waals surface area contributed by atoms with E-state index in [-0.39, 0.29) is 12.1 Å². The van der Waals surface area contributed by atoms with Crippen LogP contribution in [-0.2, 0) is 18.8 Å². The highest BCUT2D eigenvalue weighted by Gasteiger charge is 2.12. The fraction of sp³-hybridized carbons (Fsp3) is 0.636. The summed E-state index contributed by atoms with van der Waals surface area (Å²) in [5.74, 6) is 0. The second-order valence-electron chi connectivity index (χ2n) is 3.62. The second-order valence-corrected chi connectivity index (χ2v) is 5.01. The molecule has 0 radical (unpaired) electrons. The largest absolute Gasteiger partial charge is 0.399 e. The third-order valence-corrected chi connectivity index (χ3v) is 2.62. The van der Waals surface area contributed by atoms with Crippen LogP contribution in [0.1, 0.15) is 26.7 Å². The molecule has 0 aromatic heterocycles. The van der Waals surface area contributed by atoms with Gasteiger partial charge in [0.25, 0.3) is 0 Å². The minimum absolute atomic E-state index is 0.107. The normalized spacial score (nSPS) is 11.3. The molecule has 0 unspecified atom stereocenters. The molecule has 2 N–H and O–H groups in total. The molecular weight excluding hydrogens is 242 g/mol. The van der Waals surface area contributed by atoms with Gasteiger partial charge in [-0.05, 0) is 26.7 Å². The van der Waals surface area contributed by atoms with E-state index in [2.05, 4.69) is 21.5 Å². The van der Waals surface area contributed by atoms with E-state index in [1.54, 1.807) is 6.92 Å². The van der Waals surface area contributed by atoms with Gasteiger partial charge in [0.05, 0.1) is 13.7 Å². The Morgan fingerprint density at radius 2 is 1.71 bits per heavy atom. The van der Waals surface area contributed by atoms with Crippen molar-refractivity contribution >= 4 is 10.4 Å². The molecule has 0 atom stereocenters. The van der Waals surface area contributed by atoms with Crippen molar-refractivity contribution in [3.63, 3.8) is 0 Å². The highest BCUT2D eigenvalue weighted by Crippen LogP contribution is 2.10. The summed E-state index contributed by atoms with van der Waals surface area (Å²) in [7, 11) is -2.62. The van der Waals surface area contributed by atoms with Crippen molar-refractivity contribution in [1.82, 2.24) is 0 Å². The molecule has 6 heteroatoms. The molecule has 5 nitrogen and oxygen atoms in total. The molecule has 0 fully saturated rings. The lowest BCUT2D eigenvalue weighted by Gasteiger charge is -2.20. The molecule has 0 rings (SSSR count). The molecule has 17 heavy (non-hydrogen) atoms. The van der Waals surface area contributed by atoms with E-state index in [1.165, 1.54) is 0 Å². The van der Waals surface area contributed by atoms with Crippen LogP contribution in [0.4, 0.5) is 0 Å². The highest BCUT2D eigenvalue weighted by molar-refractivity contribution is 7.81. The van der Waals surface area contributed by atoms with E-state index < -0.39 is 10.4 Å². The fourth-order valence-electron chi connectivity index (χ4n) is 0.935. The zero-order valence-corrected chi connectivity index (χ0v) is 11.6. The molecule has 0 aromatic rings. The van der Waals surface area contributed by atoms with Crippen LogP contribution in [0.2, 0.25) is 0 Å². The summed E-state index contributed by atoms with van der Waals surface area (Å²) in [5, 5.41) is 0. The standard InChI is InChI=1S/C8H15N.C3H8O4S/c1-4-6-8(3,9)7-5-2;1-3-7-8(4,5)6-2/h4-5H,1-2,6-7,9H2,3H3;3H2,1-2H3. The number of nitrogens with two attached hydrogens (primary N) is 1. The van der Waals surface area contributed by atoms with Crippen molar-refractivity contribution in [1.29, 1.82) is 0 Å². The van der Waals surface area contributed by atoms with Gasteiger partial charge in [0.2, 0.25) is 0 Å². The SMILES string of the molecule is C=CCC(C)(N)CC=C.CCOS(=O)(=O)OC. The molecule has 0 heterocycles. The van der Waals surface area contributed by atoms with Crippen LogP contribution >= 0.6 is 0 Å². The summed E-state index contributed by atoms with van der Waals surface area (Å²) in [5.41, 5.74) is 5.66. The molecule has 0 saturated carbocycles. The molecule has 0 bridgehead atoms. The van der Waals surface area contributed by atoms with Crippen LogP contribution in [0.3, 0.4) is 0 Å². The maximum absolute atomic E-state index is 10.2. The summed E-state index contributed by atoms with van der Waals surface area (Å²) in [6.07, 6.45) is 5.37. The predicted molar refractivity (Wildman–Crippen MR) is 69.8 cm³/mol. The van der Waals surface area contributed by atoms with E-state index in [0.717, 1.165) is 20.0 Å². The average molecular weight is 265 g/mol. The van der Waals surface area contributed by atoms with E-state index >= 15 is 0 Å². The van der Waals surface area contributed by atoms with Gasteiger partial charge >= 0.3 is 10.4 Å². The van der Waals surface area contributed by atoms with Crippen LogP contribution in [0.5, 0.6) is 0 Å². The topological polar surface area (TPSA) is 78.6 Å². The van der Waals surface area contributed by atoms with Crippen molar-refractivity contribution in [3.05, 3.63) is 25.3 Å². The van der Waals surface area contributed by atoms with E-state index in [4.69, 9.17) is 5.73 Å². The maximum atomic E-state index is 10.2. The molecule has 0 aliphatic heterocycles. The number of hydrogen-bond acceptors (Lipinski definition) is 5. The molecule has 0 spiro atoms. The van der Waals surface area contributed by atoms with Crippen molar-refractivity contribution in [2.45, 2.75) is 32.2 Å². The summed E-state index contributed by atoms with van der Waals surface area (Å²) in [6.45, 7) is 10.9. The van der Waals surface area contributed by atoms with Crippen molar-refractivity contribution in [2.75, 3.05) is 13.7 Å². The summed E-state index contributed by atoms with van der Waals surface area (Å²) >= 11 is 0. The van der Waals surface area contributed by atoms with Crippen LogP contribution in [0, 0.1) is 0 Å². The monoisotopic (exact) mass is 265 g/mol. The van der Waals surface area contributed by atoms with Crippen LogP contribution in [-0.4, -0.2) is 27.7 Å². The van der Waals surface area contributed by atoms with Gasteiger partial charge in [-0.25, -0.2) is 4.18 Å². The Labute approximate surface area is 105 Å². The van der Waals surface area contributed by atoms with Crippen LogP contribution in [0.25, 0.3) is 0 Å². The quantitative estimate of drug-likeness (QED) is 0.710. The maximum Gasteiger partial charge on any atom is 0.399 e. The lowest BCUT2D eigenvalue weighted by atomic mass is 9.95. The molecule has 0 aliphatic carbocycles. The Morgan fingerprint density at radius 1 is 1.29 bits per heavy atom. The Hall–Kier alpha value is -0.690. The Morgan fingerprint density at radius 3 is 1.88 bits per heavy atom. The highest BCUT2D eigenvalue weighted by atomic mass is 32.3. The second kappa shape index (κ2) is 9.35. The fourth-order valence-corrected chi connectivity index (χ4v) is 1.32. The third kappa shape index (κ3) is 13.2. The van der Waals surface area contributed by atoms with Gasteiger partial charge in [-0.3, -0.25) is 4.18 Å². The van der Waals surface area contributed by atoms with Crippen molar-refractivity contribution in [3.8, 4) is 0 Å². The third-order valence-electron chi connectivity index (χ3n) is 1.69. The summed E-state index contributed by atoms with van der Waals surface area (Å²) in [6, 6.07) is 0. The molecule has 0 aromatic carbocycles. The minimum atomic E-state index is -3.67. The van der Waals surface area contributed by atoms with Crippen molar-refractivity contribution < 1.29 is 16.8 Å². The zero-order chi connectivity index (χ0) is 13.9. The number of hydrogen-bond donors (Lipinski definition) is 1. The first kappa shape index (κ1) is 18.7. The first-order valence-corrected chi connectivity index (χ1v) is 6.53. The minimum Gasteiger partial charge on any atom is -0.325 e. The van der Waals surface area contributed by atoms with Gasteiger partial charge in [0.1, 0.15) is 0 Å². The molecular formula is C11H23NO4S. The Balaban J connectivity index is 0. The van der Waals surface area contributed by atoms with Crippen molar-refractivity contribution in [2.24, 2.45) is 5.73 Å². The number of rotatable bonds is 7. The molecule has 0 aliphatic rings. The summed E-state index contributed by atoms with van der Waals surface area (Å²) in [4.78, 5) is 0. The van der Waals surface area contributed by atoms with Gasteiger partial charge in [-0.1, -0.05) is 12.2 Å². The van der Waals surface area contributed by atoms with Gasteiger partial charge in [-0.2, -0.15) is 8.42 Å². The Kier molecular flexibility index (Phi) is 10.3. The van der Waals surface area contributed by atoms with Gasteiger partial charge < -0.3 is 5.73 Å². The summed E-state index contributed by atoms with van der Waals surface area (Å²) < 4.78 is 28.4. The zero-order valence-electron chi connectivity index (χ0n) is 10.8. The molecule has 0 saturated heterocycles. The lowest BCUT2D eigenvalue weighted by Crippen LogP contribution is -2.34. The van der Waals surface area contributed by atoms with E-state index in [0.29, 0.717) is 0 Å². The molecule has 0 amide bonds. The Bertz CT molecular complexity index is 297. The van der Waals surface area contributed by atoms with Crippen LogP contribution in [0.15, 0.2) is 25.3 Å². The van der Waals surface area contributed by atoms with Crippen LogP contribution < -0.4 is 5.73 Å².